The van der Waals surface area contributed by atoms with Crippen LogP contribution in [0.2, 0.25) is 0 Å². The molecule has 0 saturated heterocycles. The summed E-state index contributed by atoms with van der Waals surface area (Å²) in [6.07, 6.45) is 1.68. The summed E-state index contributed by atoms with van der Waals surface area (Å²) in [7, 11) is 1.31. The van der Waals surface area contributed by atoms with Crippen molar-refractivity contribution in [3.05, 3.63) is 46.7 Å². The Morgan fingerprint density at radius 1 is 1.26 bits per heavy atom. The molecule has 0 radical (unpaired) electrons. The fourth-order valence-corrected chi connectivity index (χ4v) is 3.39. The van der Waals surface area contributed by atoms with Crippen molar-refractivity contribution in [2.75, 3.05) is 12.4 Å². The highest BCUT2D eigenvalue weighted by molar-refractivity contribution is 7.16. The number of aromatic nitrogens is 5. The molecule has 0 saturated carbocycles. The van der Waals surface area contributed by atoms with Gasteiger partial charge in [-0.1, -0.05) is 26.0 Å². The van der Waals surface area contributed by atoms with Crippen LogP contribution in [0.1, 0.15) is 40.7 Å². The molecule has 0 unspecified atom stereocenters. The minimum atomic E-state index is -0.506. The lowest BCUT2D eigenvalue weighted by Crippen LogP contribution is -2.14. The molecule has 1 N–H and O–H groups in total. The number of thiazole rings is 1. The van der Waals surface area contributed by atoms with Crippen molar-refractivity contribution in [3.63, 3.8) is 0 Å². The molecule has 0 fully saturated rings. The van der Waals surface area contributed by atoms with Gasteiger partial charge in [0, 0.05) is 4.88 Å². The molecule has 1 aromatic carbocycles. The Labute approximate surface area is 159 Å². The average Bonchev–Trinajstić information content (AvgIpc) is 3.31. The fourth-order valence-electron chi connectivity index (χ4n) is 2.41. The third-order valence-corrected chi connectivity index (χ3v) is 4.99. The Bertz CT molecular complexity index is 934. The Balaban J connectivity index is 1.68. The van der Waals surface area contributed by atoms with Crippen molar-refractivity contribution < 1.29 is 14.3 Å². The zero-order valence-corrected chi connectivity index (χ0v) is 15.9. The number of nitrogens with zero attached hydrogens (tertiary/aromatic N) is 5. The van der Waals surface area contributed by atoms with Crippen LogP contribution in [-0.4, -0.2) is 44.2 Å². The first kappa shape index (κ1) is 18.6. The lowest BCUT2D eigenvalue weighted by Gasteiger charge is -2.04. The van der Waals surface area contributed by atoms with Gasteiger partial charge in [-0.3, -0.25) is 4.79 Å². The van der Waals surface area contributed by atoms with Gasteiger partial charge >= 0.3 is 5.97 Å². The van der Waals surface area contributed by atoms with Crippen LogP contribution in [0.3, 0.4) is 0 Å². The largest absolute Gasteiger partial charge is 0.464 e. The predicted molar refractivity (Wildman–Crippen MR) is 99.0 cm³/mol. The first-order valence-corrected chi connectivity index (χ1v) is 9.00. The number of hydrogen-bond donors (Lipinski definition) is 1. The fraction of sp³-hybridized carbons (Fsp3) is 0.294. The Morgan fingerprint density at radius 3 is 2.59 bits per heavy atom. The molecule has 0 aliphatic heterocycles. The number of nitrogens with one attached hydrogen (secondary N) is 1. The molecular formula is C17H18N6O3S. The topological polar surface area (TPSA) is 112 Å². The van der Waals surface area contributed by atoms with Gasteiger partial charge < -0.3 is 10.1 Å². The molecule has 2 aromatic heterocycles. The molecule has 0 atom stereocenters. The number of anilines is 1. The number of amides is 1. The summed E-state index contributed by atoms with van der Waals surface area (Å²) in [4.78, 5) is 29.2. The molecule has 3 rings (SSSR count). The van der Waals surface area contributed by atoms with E-state index in [1.54, 1.807) is 0 Å². The smallest absolute Gasteiger partial charge is 0.357 e. The van der Waals surface area contributed by atoms with Gasteiger partial charge in [-0.2, -0.15) is 0 Å². The zero-order valence-electron chi connectivity index (χ0n) is 15.0. The maximum absolute atomic E-state index is 12.3. The highest BCUT2D eigenvalue weighted by Gasteiger charge is 2.21. The number of ether oxygens (including phenoxy) is 1. The van der Waals surface area contributed by atoms with Crippen LogP contribution in [0.4, 0.5) is 5.13 Å². The maximum atomic E-state index is 12.3. The van der Waals surface area contributed by atoms with Gasteiger partial charge in [-0.25, -0.2) is 14.5 Å². The zero-order chi connectivity index (χ0) is 19.4. The molecule has 140 valence electrons. The van der Waals surface area contributed by atoms with Gasteiger partial charge in [0.15, 0.2) is 10.8 Å². The van der Waals surface area contributed by atoms with Crippen molar-refractivity contribution in [2.45, 2.75) is 26.2 Å². The minimum absolute atomic E-state index is 0.0982. The molecule has 1 amide bonds. The summed E-state index contributed by atoms with van der Waals surface area (Å²) in [5.41, 5.74) is 1.88. The van der Waals surface area contributed by atoms with Gasteiger partial charge in [0.1, 0.15) is 6.33 Å². The van der Waals surface area contributed by atoms with Crippen LogP contribution in [0.25, 0.3) is 5.69 Å². The van der Waals surface area contributed by atoms with Crippen LogP contribution < -0.4 is 5.32 Å². The highest BCUT2D eigenvalue weighted by atomic mass is 32.1. The van der Waals surface area contributed by atoms with Crippen LogP contribution in [0.15, 0.2) is 30.6 Å². The second-order valence-corrected chi connectivity index (χ2v) is 7.05. The third kappa shape index (κ3) is 4.34. The number of hydrogen-bond acceptors (Lipinski definition) is 8. The normalized spacial score (nSPS) is 10.8. The molecule has 10 heteroatoms. The minimum Gasteiger partial charge on any atom is -0.464 e. The first-order valence-electron chi connectivity index (χ1n) is 8.19. The van der Waals surface area contributed by atoms with Crippen molar-refractivity contribution in [1.82, 2.24) is 25.2 Å². The summed E-state index contributed by atoms with van der Waals surface area (Å²) in [6, 6.07) is 7.32. The summed E-state index contributed by atoms with van der Waals surface area (Å²) in [5, 5.41) is 14.1. The number of benzene rings is 1. The van der Waals surface area contributed by atoms with Crippen molar-refractivity contribution in [3.8, 4) is 5.69 Å². The van der Waals surface area contributed by atoms with Crippen LogP contribution in [0, 0.1) is 0 Å². The summed E-state index contributed by atoms with van der Waals surface area (Å²) in [5.74, 6) is -0.625. The van der Waals surface area contributed by atoms with E-state index in [9.17, 15) is 9.59 Å². The highest BCUT2D eigenvalue weighted by Crippen LogP contribution is 2.30. The van der Waals surface area contributed by atoms with Crippen LogP contribution >= 0.6 is 11.3 Å². The van der Waals surface area contributed by atoms with E-state index in [0.717, 1.165) is 16.1 Å². The van der Waals surface area contributed by atoms with Gasteiger partial charge in [0.25, 0.3) is 0 Å². The number of methoxy groups -OCH3 is 1. The Kier molecular flexibility index (Phi) is 5.55. The van der Waals surface area contributed by atoms with E-state index in [2.05, 4.69) is 25.8 Å². The SMILES string of the molecule is COC(=O)c1nc(NC(=O)Cc2ccc(-n3cnnn3)cc2)sc1C(C)C. The van der Waals surface area contributed by atoms with Gasteiger partial charge in [0.2, 0.25) is 5.91 Å². The summed E-state index contributed by atoms with van der Waals surface area (Å²) in [6.45, 7) is 3.91. The number of tetrazole rings is 1. The molecule has 27 heavy (non-hydrogen) atoms. The maximum Gasteiger partial charge on any atom is 0.357 e. The van der Waals surface area contributed by atoms with E-state index < -0.39 is 5.97 Å². The molecule has 0 spiro atoms. The predicted octanol–water partition coefficient (Wildman–Crippen LogP) is 2.21. The number of rotatable bonds is 6. The van der Waals surface area contributed by atoms with Gasteiger partial charge in [-0.15, -0.1) is 16.4 Å². The van der Waals surface area contributed by atoms with Crippen molar-refractivity contribution >= 4 is 28.3 Å². The molecule has 2 heterocycles. The Morgan fingerprint density at radius 2 is 2.00 bits per heavy atom. The van der Waals surface area contributed by atoms with E-state index >= 15 is 0 Å². The quantitative estimate of drug-likeness (QED) is 0.646. The standard InChI is InChI=1S/C17H18N6O3S/c1-10(2)15-14(16(25)26-3)20-17(27-15)19-13(24)8-11-4-6-12(7-5-11)23-9-18-21-22-23/h4-7,9-10H,8H2,1-3H3,(H,19,20,24). The van der Waals surface area contributed by atoms with E-state index in [1.807, 2.05) is 38.1 Å². The molecule has 0 bridgehead atoms. The number of esters is 1. The van der Waals surface area contributed by atoms with E-state index in [-0.39, 0.29) is 23.9 Å². The molecule has 9 nitrogen and oxygen atoms in total. The van der Waals surface area contributed by atoms with E-state index in [0.29, 0.717) is 5.13 Å². The van der Waals surface area contributed by atoms with Crippen LogP contribution in [-0.2, 0) is 16.0 Å². The lowest BCUT2D eigenvalue weighted by molar-refractivity contribution is -0.115. The van der Waals surface area contributed by atoms with Crippen molar-refractivity contribution in [2.24, 2.45) is 0 Å². The number of carbonyl (C=O) groups excluding carboxylic acids is 2. The molecule has 0 aliphatic carbocycles. The number of carbonyl (C=O) groups is 2. The molecule has 0 aliphatic rings. The molecular weight excluding hydrogens is 368 g/mol. The average molecular weight is 386 g/mol. The van der Waals surface area contributed by atoms with Gasteiger partial charge in [0.05, 0.1) is 19.2 Å². The lowest BCUT2D eigenvalue weighted by atomic mass is 10.1. The molecule has 3 aromatic rings. The monoisotopic (exact) mass is 386 g/mol. The first-order chi connectivity index (χ1) is 13.0. The van der Waals surface area contributed by atoms with Gasteiger partial charge in [-0.05, 0) is 34.0 Å². The van der Waals surface area contributed by atoms with Crippen LogP contribution in [0.5, 0.6) is 0 Å². The van der Waals surface area contributed by atoms with E-state index in [1.165, 1.54) is 29.5 Å². The third-order valence-electron chi connectivity index (χ3n) is 3.72. The van der Waals surface area contributed by atoms with E-state index in [4.69, 9.17) is 4.74 Å². The second kappa shape index (κ2) is 8.04. The summed E-state index contributed by atoms with van der Waals surface area (Å²) >= 11 is 1.28. The van der Waals surface area contributed by atoms with Crippen molar-refractivity contribution in [1.29, 1.82) is 0 Å². The summed E-state index contributed by atoms with van der Waals surface area (Å²) < 4.78 is 6.29. The Hall–Kier alpha value is -3.14. The second-order valence-electron chi connectivity index (χ2n) is 6.02.